The minimum atomic E-state index is -4.28. The molecule has 0 saturated carbocycles. The van der Waals surface area contributed by atoms with Gasteiger partial charge in [0, 0.05) is 18.8 Å². The van der Waals surface area contributed by atoms with Crippen LogP contribution in [-0.4, -0.2) is 19.6 Å². The van der Waals surface area contributed by atoms with E-state index in [0.29, 0.717) is 12.2 Å². The smallest absolute Gasteiger partial charge is 0.384 e. The lowest BCUT2D eigenvalue weighted by Crippen LogP contribution is -2.23. The lowest BCUT2D eigenvalue weighted by Gasteiger charge is -2.11. The number of benzene rings is 1. The summed E-state index contributed by atoms with van der Waals surface area (Å²) >= 11 is 0. The van der Waals surface area contributed by atoms with E-state index in [2.05, 4.69) is 17.6 Å². The second kappa shape index (κ2) is 9.66. The van der Waals surface area contributed by atoms with Crippen LogP contribution in [0.25, 0.3) is 0 Å². The van der Waals surface area contributed by atoms with Crippen LogP contribution < -0.4 is 10.6 Å². The molecule has 21 heavy (non-hydrogen) atoms. The number of hydrogen-bond donors (Lipinski definition) is 2. The van der Waals surface area contributed by atoms with Gasteiger partial charge in [0.2, 0.25) is 0 Å². The van der Waals surface area contributed by atoms with Gasteiger partial charge in [0.1, 0.15) is 0 Å². The number of anilines is 1. The fraction of sp³-hybridized carbons (Fsp3) is 0.625. The minimum absolute atomic E-state index is 0.509. The molecule has 0 aliphatic rings. The molecule has 0 aromatic heterocycles. The Kier molecular flexibility index (Phi) is 8.20. The summed E-state index contributed by atoms with van der Waals surface area (Å²) in [7, 11) is 0. The second-order valence-electron chi connectivity index (χ2n) is 5.17. The normalized spacial score (nSPS) is 11.6. The van der Waals surface area contributed by atoms with Crippen LogP contribution in [0.3, 0.4) is 0 Å². The fourth-order valence-electron chi connectivity index (χ4n) is 2.08. The minimum Gasteiger partial charge on any atom is -0.384 e. The molecule has 0 heterocycles. The van der Waals surface area contributed by atoms with Crippen molar-refractivity contribution in [1.29, 1.82) is 0 Å². The van der Waals surface area contributed by atoms with Crippen molar-refractivity contribution in [2.75, 3.05) is 25.0 Å². The summed E-state index contributed by atoms with van der Waals surface area (Å²) in [6, 6.07) is 5.30. The first-order valence-corrected chi connectivity index (χ1v) is 7.66. The van der Waals surface area contributed by atoms with Crippen molar-refractivity contribution >= 4 is 5.69 Å². The predicted octanol–water partition coefficient (Wildman–Crippen LogP) is 4.68. The van der Waals surface area contributed by atoms with E-state index in [1.54, 1.807) is 6.07 Å². The highest BCUT2D eigenvalue weighted by molar-refractivity contribution is 5.46. The Balaban J connectivity index is 2.13. The largest absolute Gasteiger partial charge is 0.416 e. The summed E-state index contributed by atoms with van der Waals surface area (Å²) < 4.78 is 37.6. The van der Waals surface area contributed by atoms with Gasteiger partial charge in [-0.15, -0.1) is 0 Å². The van der Waals surface area contributed by atoms with E-state index in [4.69, 9.17) is 0 Å². The molecule has 2 N–H and O–H groups in total. The molecule has 0 aliphatic heterocycles. The fourth-order valence-corrected chi connectivity index (χ4v) is 2.08. The summed E-state index contributed by atoms with van der Waals surface area (Å²) in [5, 5.41) is 6.30. The van der Waals surface area contributed by atoms with Gasteiger partial charge >= 0.3 is 6.18 Å². The van der Waals surface area contributed by atoms with E-state index in [0.717, 1.165) is 31.6 Å². The molecule has 1 aromatic carbocycles. The Labute approximate surface area is 125 Å². The van der Waals surface area contributed by atoms with Crippen LogP contribution in [0, 0.1) is 0 Å². The lowest BCUT2D eigenvalue weighted by molar-refractivity contribution is -0.137. The number of rotatable bonds is 10. The Bertz CT molecular complexity index is 391. The highest BCUT2D eigenvalue weighted by Crippen LogP contribution is 2.30. The van der Waals surface area contributed by atoms with Crippen LogP contribution in [0.15, 0.2) is 24.3 Å². The van der Waals surface area contributed by atoms with Crippen LogP contribution >= 0.6 is 0 Å². The first kappa shape index (κ1) is 17.8. The van der Waals surface area contributed by atoms with E-state index in [-0.39, 0.29) is 0 Å². The molecule has 5 heteroatoms. The van der Waals surface area contributed by atoms with Gasteiger partial charge in [-0.05, 0) is 31.2 Å². The Morgan fingerprint density at radius 2 is 1.71 bits per heavy atom. The zero-order valence-electron chi connectivity index (χ0n) is 12.6. The van der Waals surface area contributed by atoms with Gasteiger partial charge in [-0.2, -0.15) is 13.2 Å². The van der Waals surface area contributed by atoms with Crippen molar-refractivity contribution in [3.05, 3.63) is 29.8 Å². The molecule has 1 rings (SSSR count). The molecule has 0 spiro atoms. The van der Waals surface area contributed by atoms with E-state index in [1.165, 1.54) is 31.7 Å². The maximum absolute atomic E-state index is 12.5. The number of halogens is 3. The van der Waals surface area contributed by atoms with E-state index in [9.17, 15) is 13.2 Å². The molecule has 0 bridgehead atoms. The molecule has 120 valence electrons. The molecule has 0 saturated heterocycles. The summed E-state index contributed by atoms with van der Waals surface area (Å²) in [5.41, 5.74) is -0.106. The molecule has 0 aliphatic carbocycles. The molecule has 2 nitrogen and oxygen atoms in total. The van der Waals surface area contributed by atoms with Gasteiger partial charge in [0.15, 0.2) is 0 Å². The van der Waals surface area contributed by atoms with Crippen molar-refractivity contribution in [1.82, 2.24) is 5.32 Å². The number of nitrogens with one attached hydrogen (secondary N) is 2. The van der Waals surface area contributed by atoms with E-state index in [1.807, 2.05) is 0 Å². The van der Waals surface area contributed by atoms with Crippen LogP contribution in [0.5, 0.6) is 0 Å². The van der Waals surface area contributed by atoms with Crippen molar-refractivity contribution in [2.24, 2.45) is 0 Å². The third-order valence-corrected chi connectivity index (χ3v) is 3.28. The zero-order valence-corrected chi connectivity index (χ0v) is 12.6. The second-order valence-corrected chi connectivity index (χ2v) is 5.17. The van der Waals surface area contributed by atoms with Gasteiger partial charge in [0.05, 0.1) is 5.56 Å². The van der Waals surface area contributed by atoms with Gasteiger partial charge in [0.25, 0.3) is 0 Å². The summed E-state index contributed by atoms with van der Waals surface area (Å²) in [6.07, 6.45) is 1.92. The maximum atomic E-state index is 12.5. The van der Waals surface area contributed by atoms with E-state index >= 15 is 0 Å². The monoisotopic (exact) mass is 302 g/mol. The van der Waals surface area contributed by atoms with Crippen LogP contribution in [0.1, 0.15) is 44.6 Å². The Morgan fingerprint density at radius 1 is 0.952 bits per heavy atom. The topological polar surface area (TPSA) is 24.1 Å². The van der Waals surface area contributed by atoms with Gasteiger partial charge < -0.3 is 10.6 Å². The summed E-state index contributed by atoms with van der Waals surface area (Å²) in [5.74, 6) is 0. The molecule has 0 radical (unpaired) electrons. The van der Waals surface area contributed by atoms with Gasteiger partial charge in [-0.25, -0.2) is 0 Å². The maximum Gasteiger partial charge on any atom is 0.416 e. The standard InChI is InChI=1S/C16H25F3N2/c1-2-3-4-5-6-10-20-11-12-21-15-9-7-8-14(13-15)16(17,18)19/h7-9,13,20-21H,2-6,10-12H2,1H3. The highest BCUT2D eigenvalue weighted by Gasteiger charge is 2.30. The lowest BCUT2D eigenvalue weighted by atomic mass is 10.1. The van der Waals surface area contributed by atoms with Crippen molar-refractivity contribution in [2.45, 2.75) is 45.2 Å². The number of hydrogen-bond acceptors (Lipinski definition) is 2. The Morgan fingerprint density at radius 3 is 2.43 bits per heavy atom. The number of alkyl halides is 3. The molecular formula is C16H25F3N2. The van der Waals surface area contributed by atoms with Crippen molar-refractivity contribution in [3.8, 4) is 0 Å². The first-order chi connectivity index (χ1) is 10.0. The molecule has 0 fully saturated rings. The average Bonchev–Trinajstić information content (AvgIpc) is 2.45. The van der Waals surface area contributed by atoms with Crippen LogP contribution in [0.2, 0.25) is 0 Å². The van der Waals surface area contributed by atoms with Crippen LogP contribution in [-0.2, 0) is 6.18 Å². The predicted molar refractivity (Wildman–Crippen MR) is 81.6 cm³/mol. The molecule has 0 amide bonds. The SMILES string of the molecule is CCCCCCCNCCNc1cccc(C(F)(F)F)c1. The molecule has 1 aromatic rings. The highest BCUT2D eigenvalue weighted by atomic mass is 19.4. The van der Waals surface area contributed by atoms with Crippen molar-refractivity contribution in [3.63, 3.8) is 0 Å². The van der Waals surface area contributed by atoms with Crippen molar-refractivity contribution < 1.29 is 13.2 Å². The third-order valence-electron chi connectivity index (χ3n) is 3.28. The Hall–Kier alpha value is -1.23. The number of unbranched alkanes of at least 4 members (excludes halogenated alkanes) is 4. The molecular weight excluding hydrogens is 277 g/mol. The van der Waals surface area contributed by atoms with Crippen LogP contribution in [0.4, 0.5) is 18.9 Å². The van der Waals surface area contributed by atoms with Gasteiger partial charge in [-0.3, -0.25) is 0 Å². The van der Waals surface area contributed by atoms with E-state index < -0.39 is 11.7 Å². The van der Waals surface area contributed by atoms with Gasteiger partial charge in [-0.1, -0.05) is 38.7 Å². The first-order valence-electron chi connectivity index (χ1n) is 7.66. The molecule has 0 unspecified atom stereocenters. The molecule has 0 atom stereocenters. The quantitative estimate of drug-likeness (QED) is 0.613. The third kappa shape index (κ3) is 7.95. The zero-order chi connectivity index (χ0) is 15.6. The summed E-state index contributed by atoms with van der Waals surface area (Å²) in [6.45, 7) is 4.53. The average molecular weight is 302 g/mol. The summed E-state index contributed by atoms with van der Waals surface area (Å²) in [4.78, 5) is 0.